The molecule has 1 heterocycles. The second kappa shape index (κ2) is 7.01. The Bertz CT molecular complexity index is 512. The van der Waals surface area contributed by atoms with Crippen molar-refractivity contribution in [2.75, 3.05) is 25.0 Å². The predicted octanol–water partition coefficient (Wildman–Crippen LogP) is 1.61. The standard InChI is InChI=1S/C13H23N3O3S/c1-5-14-12-8-7-11(9-15-12)20(17,18)16-10-13(3,4)19-6-2/h7-9,16H,5-6,10H2,1-4H3,(H,14,15). The Morgan fingerprint density at radius 3 is 2.50 bits per heavy atom. The van der Waals surface area contributed by atoms with Crippen LogP contribution in [0.1, 0.15) is 27.7 Å². The average Bonchev–Trinajstić information content (AvgIpc) is 2.38. The fourth-order valence-electron chi connectivity index (χ4n) is 1.62. The van der Waals surface area contributed by atoms with Crippen molar-refractivity contribution in [2.24, 2.45) is 0 Å². The number of pyridine rings is 1. The van der Waals surface area contributed by atoms with Gasteiger partial charge in [0.25, 0.3) is 0 Å². The highest BCUT2D eigenvalue weighted by Gasteiger charge is 2.22. The molecule has 0 radical (unpaired) electrons. The molecule has 0 saturated carbocycles. The van der Waals surface area contributed by atoms with E-state index in [-0.39, 0.29) is 11.4 Å². The Labute approximate surface area is 121 Å². The molecule has 0 aliphatic carbocycles. The molecule has 1 aromatic rings. The molecule has 0 aliphatic heterocycles. The molecule has 6 nitrogen and oxygen atoms in total. The van der Waals surface area contributed by atoms with Gasteiger partial charge in [-0.15, -0.1) is 0 Å². The molecule has 0 fully saturated rings. The topological polar surface area (TPSA) is 80.3 Å². The molecule has 2 N–H and O–H groups in total. The Kier molecular flexibility index (Phi) is 5.91. The molecule has 0 amide bonds. The van der Waals surface area contributed by atoms with E-state index in [1.54, 1.807) is 6.07 Å². The Morgan fingerprint density at radius 2 is 2.00 bits per heavy atom. The van der Waals surface area contributed by atoms with Crippen molar-refractivity contribution < 1.29 is 13.2 Å². The van der Waals surface area contributed by atoms with Gasteiger partial charge >= 0.3 is 0 Å². The Balaban J connectivity index is 2.73. The highest BCUT2D eigenvalue weighted by molar-refractivity contribution is 7.89. The Morgan fingerprint density at radius 1 is 1.30 bits per heavy atom. The molecule has 1 rings (SSSR count). The summed E-state index contributed by atoms with van der Waals surface area (Å²) in [6.07, 6.45) is 1.34. The van der Waals surface area contributed by atoms with E-state index in [0.29, 0.717) is 12.4 Å². The molecule has 114 valence electrons. The van der Waals surface area contributed by atoms with E-state index in [1.807, 2.05) is 27.7 Å². The highest BCUT2D eigenvalue weighted by Crippen LogP contribution is 2.13. The number of sulfonamides is 1. The van der Waals surface area contributed by atoms with Crippen LogP contribution in [0.2, 0.25) is 0 Å². The number of anilines is 1. The van der Waals surface area contributed by atoms with Crippen LogP contribution in [0.3, 0.4) is 0 Å². The van der Waals surface area contributed by atoms with Crippen LogP contribution in [0.5, 0.6) is 0 Å². The van der Waals surface area contributed by atoms with Crippen molar-refractivity contribution >= 4 is 15.8 Å². The lowest BCUT2D eigenvalue weighted by Crippen LogP contribution is -2.40. The third-order valence-corrected chi connectivity index (χ3v) is 4.01. The smallest absolute Gasteiger partial charge is 0.242 e. The molecule has 20 heavy (non-hydrogen) atoms. The van der Waals surface area contributed by atoms with E-state index >= 15 is 0 Å². The first kappa shape index (κ1) is 16.9. The fraction of sp³-hybridized carbons (Fsp3) is 0.615. The minimum atomic E-state index is -3.56. The van der Waals surface area contributed by atoms with E-state index < -0.39 is 15.6 Å². The predicted molar refractivity (Wildman–Crippen MR) is 79.3 cm³/mol. The molecule has 0 spiro atoms. The lowest BCUT2D eigenvalue weighted by Gasteiger charge is -2.24. The van der Waals surface area contributed by atoms with Gasteiger partial charge in [-0.1, -0.05) is 0 Å². The second-order valence-electron chi connectivity index (χ2n) is 4.93. The number of rotatable bonds is 8. The maximum absolute atomic E-state index is 12.1. The summed E-state index contributed by atoms with van der Waals surface area (Å²) in [6, 6.07) is 3.17. The zero-order valence-corrected chi connectivity index (χ0v) is 13.3. The summed E-state index contributed by atoms with van der Waals surface area (Å²) >= 11 is 0. The van der Waals surface area contributed by atoms with Crippen LogP contribution < -0.4 is 10.0 Å². The molecule has 0 atom stereocenters. The van der Waals surface area contributed by atoms with Gasteiger partial charge in [0.05, 0.1) is 5.60 Å². The summed E-state index contributed by atoms with van der Waals surface area (Å²) in [5.41, 5.74) is -0.543. The summed E-state index contributed by atoms with van der Waals surface area (Å²) in [7, 11) is -3.56. The van der Waals surface area contributed by atoms with Crippen molar-refractivity contribution in [3.8, 4) is 0 Å². The SMILES string of the molecule is CCNc1ccc(S(=O)(=O)NCC(C)(C)OCC)cn1. The van der Waals surface area contributed by atoms with Crippen LogP contribution >= 0.6 is 0 Å². The van der Waals surface area contributed by atoms with Crippen molar-refractivity contribution in [1.82, 2.24) is 9.71 Å². The van der Waals surface area contributed by atoms with Gasteiger partial charge < -0.3 is 10.1 Å². The van der Waals surface area contributed by atoms with Crippen LogP contribution in [0.25, 0.3) is 0 Å². The summed E-state index contributed by atoms with van der Waals surface area (Å²) in [4.78, 5) is 4.20. The zero-order valence-electron chi connectivity index (χ0n) is 12.4. The number of ether oxygens (including phenoxy) is 1. The largest absolute Gasteiger partial charge is 0.375 e. The van der Waals surface area contributed by atoms with Crippen LogP contribution in [0.4, 0.5) is 5.82 Å². The van der Waals surface area contributed by atoms with Gasteiger partial charge in [-0.25, -0.2) is 18.1 Å². The van der Waals surface area contributed by atoms with E-state index in [4.69, 9.17) is 4.74 Å². The maximum atomic E-state index is 12.1. The minimum absolute atomic E-state index is 0.145. The van der Waals surface area contributed by atoms with Crippen molar-refractivity contribution in [3.05, 3.63) is 18.3 Å². The van der Waals surface area contributed by atoms with Crippen LogP contribution in [-0.4, -0.2) is 38.7 Å². The Hall–Kier alpha value is -1.18. The normalized spacial score (nSPS) is 12.4. The lowest BCUT2D eigenvalue weighted by molar-refractivity contribution is -0.00515. The summed E-state index contributed by atoms with van der Waals surface area (Å²) in [5, 5.41) is 3.01. The molecule has 0 aromatic carbocycles. The van der Waals surface area contributed by atoms with Crippen LogP contribution in [0, 0.1) is 0 Å². The van der Waals surface area contributed by atoms with Crippen LogP contribution in [0.15, 0.2) is 23.2 Å². The van der Waals surface area contributed by atoms with Gasteiger partial charge in [-0.3, -0.25) is 0 Å². The van der Waals surface area contributed by atoms with Gasteiger partial charge in [0.1, 0.15) is 10.7 Å². The maximum Gasteiger partial charge on any atom is 0.242 e. The van der Waals surface area contributed by atoms with Crippen LogP contribution in [-0.2, 0) is 14.8 Å². The number of hydrogen-bond acceptors (Lipinski definition) is 5. The van der Waals surface area contributed by atoms with Crippen molar-refractivity contribution in [1.29, 1.82) is 0 Å². The van der Waals surface area contributed by atoms with Gasteiger partial charge in [-0.2, -0.15) is 0 Å². The summed E-state index contributed by atoms with van der Waals surface area (Å²) in [5.74, 6) is 0.654. The molecule has 1 aromatic heterocycles. The first-order chi connectivity index (χ1) is 9.30. The summed E-state index contributed by atoms with van der Waals surface area (Å²) in [6.45, 7) is 8.98. The molecular weight excluding hydrogens is 278 g/mol. The van der Waals surface area contributed by atoms with Crippen molar-refractivity contribution in [3.63, 3.8) is 0 Å². The minimum Gasteiger partial charge on any atom is -0.375 e. The third kappa shape index (κ3) is 5.07. The third-order valence-electron chi connectivity index (χ3n) is 2.63. The van der Waals surface area contributed by atoms with E-state index in [1.165, 1.54) is 12.3 Å². The first-order valence-corrected chi connectivity index (χ1v) is 8.12. The monoisotopic (exact) mass is 301 g/mol. The molecule has 0 bridgehead atoms. The summed E-state index contributed by atoms with van der Waals surface area (Å²) < 4.78 is 32.2. The first-order valence-electron chi connectivity index (χ1n) is 6.64. The quantitative estimate of drug-likeness (QED) is 0.762. The van der Waals surface area contributed by atoms with Gasteiger partial charge in [0.15, 0.2) is 0 Å². The molecule has 0 saturated heterocycles. The number of aromatic nitrogens is 1. The molecule has 0 unspecified atom stereocenters. The van der Waals surface area contributed by atoms with E-state index in [9.17, 15) is 8.42 Å². The van der Waals surface area contributed by atoms with E-state index in [0.717, 1.165) is 6.54 Å². The molecular formula is C13H23N3O3S. The highest BCUT2D eigenvalue weighted by atomic mass is 32.2. The van der Waals surface area contributed by atoms with Gasteiger partial charge in [0.2, 0.25) is 10.0 Å². The van der Waals surface area contributed by atoms with Gasteiger partial charge in [-0.05, 0) is 39.8 Å². The van der Waals surface area contributed by atoms with Crippen molar-refractivity contribution in [2.45, 2.75) is 38.2 Å². The molecule has 7 heteroatoms. The average molecular weight is 301 g/mol. The van der Waals surface area contributed by atoms with Gasteiger partial charge in [0, 0.05) is 25.9 Å². The molecule has 0 aliphatic rings. The van der Waals surface area contributed by atoms with E-state index in [2.05, 4.69) is 15.0 Å². The second-order valence-corrected chi connectivity index (χ2v) is 6.69. The number of nitrogens with zero attached hydrogens (tertiary/aromatic N) is 1. The lowest BCUT2D eigenvalue weighted by atomic mass is 10.1. The number of hydrogen-bond donors (Lipinski definition) is 2. The zero-order chi connectivity index (χ0) is 15.2. The fourth-order valence-corrected chi connectivity index (χ4v) is 2.76. The number of nitrogens with one attached hydrogen (secondary N) is 2.